The summed E-state index contributed by atoms with van der Waals surface area (Å²) in [6.07, 6.45) is 4.72. The fourth-order valence-corrected chi connectivity index (χ4v) is 6.93. The van der Waals surface area contributed by atoms with Gasteiger partial charge in [-0.15, -0.1) is 5.10 Å². The highest BCUT2D eigenvalue weighted by atomic mass is 19.1. The number of H-pyrrole nitrogens is 1. The number of aromatic nitrogens is 7. The van der Waals surface area contributed by atoms with E-state index in [1.165, 1.54) is 18.2 Å². The molecule has 2 saturated carbocycles. The van der Waals surface area contributed by atoms with Crippen LogP contribution in [0, 0.1) is 23.0 Å². The zero-order valence-corrected chi connectivity index (χ0v) is 19.9. The Kier molecular flexibility index (Phi) is 4.65. The molecule has 2 bridgehead atoms. The first kappa shape index (κ1) is 22.5. The number of benzene rings is 1. The molecule has 4 aromatic rings. The topological polar surface area (TPSA) is 134 Å². The van der Waals surface area contributed by atoms with Crippen LogP contribution in [0.4, 0.5) is 8.78 Å². The fraction of sp³-hybridized carbons (Fsp3) is 0.385. The van der Waals surface area contributed by atoms with Gasteiger partial charge in [0.1, 0.15) is 23.4 Å². The summed E-state index contributed by atoms with van der Waals surface area (Å²) < 4.78 is 29.1. The zero-order valence-electron chi connectivity index (χ0n) is 19.9. The number of fused-ring (bicyclic) bond motifs is 4. The Morgan fingerprint density at radius 1 is 1.11 bits per heavy atom. The summed E-state index contributed by atoms with van der Waals surface area (Å²) in [4.78, 5) is 13.6. The van der Waals surface area contributed by atoms with Gasteiger partial charge in [0.15, 0.2) is 5.82 Å². The second-order valence-electron chi connectivity index (χ2n) is 10.7. The molecule has 0 aliphatic heterocycles. The van der Waals surface area contributed by atoms with Crippen LogP contribution in [0.2, 0.25) is 0 Å². The Labute approximate surface area is 210 Å². The van der Waals surface area contributed by atoms with Gasteiger partial charge in [-0.2, -0.15) is 10.2 Å². The van der Waals surface area contributed by atoms with Gasteiger partial charge >= 0.3 is 0 Å². The quantitative estimate of drug-likeness (QED) is 0.378. The highest BCUT2D eigenvalue weighted by Gasteiger charge is 2.68. The lowest BCUT2D eigenvalue weighted by Crippen LogP contribution is -2.41. The van der Waals surface area contributed by atoms with Crippen molar-refractivity contribution in [1.82, 2.24) is 35.3 Å². The van der Waals surface area contributed by atoms with E-state index in [0.29, 0.717) is 17.3 Å². The second kappa shape index (κ2) is 7.65. The number of halogens is 2. The molecule has 0 amide bonds. The molecule has 1 aromatic carbocycles. The summed E-state index contributed by atoms with van der Waals surface area (Å²) in [6, 6.07) is 5.58. The van der Waals surface area contributed by atoms with Gasteiger partial charge in [0.25, 0.3) is 0 Å². The molecule has 3 aromatic heterocycles. The summed E-state index contributed by atoms with van der Waals surface area (Å²) in [5.74, 6) is -0.298. The molecule has 0 spiro atoms. The SMILES string of the molecule is CC12C[C@@H]3c4cc(-c5c(F)cccc5F)nnc4[C@@](c4cncc(-c5n[nH]c([C@@H](O)CO)n5)n4)(CC31)C2. The number of hydrogen-bond acceptors (Lipinski definition) is 8. The zero-order chi connectivity index (χ0) is 25.5. The summed E-state index contributed by atoms with van der Waals surface area (Å²) in [6.45, 7) is 1.79. The van der Waals surface area contributed by atoms with Crippen LogP contribution < -0.4 is 0 Å². The normalized spacial score (nSPS) is 28.0. The van der Waals surface area contributed by atoms with Crippen molar-refractivity contribution in [2.75, 3.05) is 6.61 Å². The number of aliphatic hydroxyl groups excluding tert-OH is 2. The molecule has 3 aliphatic carbocycles. The van der Waals surface area contributed by atoms with E-state index in [1.54, 1.807) is 18.5 Å². The van der Waals surface area contributed by atoms with Gasteiger partial charge in [-0.3, -0.25) is 10.1 Å². The van der Waals surface area contributed by atoms with Gasteiger partial charge in [0.2, 0.25) is 5.82 Å². The van der Waals surface area contributed by atoms with Gasteiger partial charge in [-0.05, 0) is 60.3 Å². The lowest BCUT2D eigenvalue weighted by molar-refractivity contribution is 0.0530. The van der Waals surface area contributed by atoms with Crippen molar-refractivity contribution in [2.24, 2.45) is 11.3 Å². The third kappa shape index (κ3) is 3.07. The summed E-state index contributed by atoms with van der Waals surface area (Å²) in [5.41, 5.74) is 2.46. The standard InChI is InChI=1S/C26H23F2N7O2/c1-25-6-13-12-5-17(21-15(27)3-2-4-16(21)28)32-33-22(12)26(11-25,7-14(13)25)20-9-29-8-18(30-20)23-31-24(35-34-23)19(37)10-36/h2-5,8-9,13-14,19,36-37H,6-7,10-11H2,1H3,(H,31,34,35)/t13-,14?,19+,25?,26+/m1/s1. The molecule has 5 atom stereocenters. The van der Waals surface area contributed by atoms with Crippen molar-refractivity contribution in [2.45, 2.75) is 43.6 Å². The van der Waals surface area contributed by atoms with E-state index in [-0.39, 0.29) is 34.2 Å². The van der Waals surface area contributed by atoms with Crippen molar-refractivity contribution >= 4 is 0 Å². The maximum absolute atomic E-state index is 14.6. The molecule has 37 heavy (non-hydrogen) atoms. The first-order valence-electron chi connectivity index (χ1n) is 12.2. The molecule has 3 aliphatic rings. The Hall–Kier alpha value is -3.70. The van der Waals surface area contributed by atoms with E-state index in [0.717, 1.165) is 30.5 Å². The number of nitrogens with one attached hydrogen (secondary N) is 1. The van der Waals surface area contributed by atoms with Crippen LogP contribution in [-0.4, -0.2) is 52.2 Å². The van der Waals surface area contributed by atoms with Crippen molar-refractivity contribution in [3.8, 4) is 22.8 Å². The van der Waals surface area contributed by atoms with Crippen LogP contribution in [0.1, 0.15) is 61.0 Å². The predicted octanol–water partition coefficient (Wildman–Crippen LogP) is 3.23. The highest BCUT2D eigenvalue weighted by Crippen LogP contribution is 2.74. The van der Waals surface area contributed by atoms with Crippen molar-refractivity contribution in [3.63, 3.8) is 0 Å². The third-order valence-electron chi connectivity index (χ3n) is 8.58. The summed E-state index contributed by atoms with van der Waals surface area (Å²) >= 11 is 0. The van der Waals surface area contributed by atoms with E-state index in [4.69, 9.17) is 4.98 Å². The number of hydrogen-bond donors (Lipinski definition) is 3. The number of aliphatic hydroxyl groups is 2. The molecule has 9 nitrogen and oxygen atoms in total. The van der Waals surface area contributed by atoms with Gasteiger partial charge in [-0.25, -0.2) is 18.7 Å². The minimum absolute atomic E-state index is 0.0927. The Balaban J connectivity index is 1.35. The molecule has 0 radical (unpaired) electrons. The minimum atomic E-state index is -1.17. The number of aromatic amines is 1. The maximum Gasteiger partial charge on any atom is 0.201 e. The molecule has 0 saturated heterocycles. The van der Waals surface area contributed by atoms with Crippen LogP contribution in [0.5, 0.6) is 0 Å². The first-order valence-corrected chi connectivity index (χ1v) is 12.2. The molecule has 3 N–H and O–H groups in total. The molecule has 3 heterocycles. The average molecular weight is 504 g/mol. The van der Waals surface area contributed by atoms with E-state index in [9.17, 15) is 19.0 Å². The van der Waals surface area contributed by atoms with Crippen LogP contribution in [0.15, 0.2) is 36.7 Å². The lowest BCUT2D eigenvalue weighted by atomic mass is 9.54. The molecular weight excluding hydrogens is 480 g/mol. The Morgan fingerprint density at radius 2 is 1.92 bits per heavy atom. The molecule has 2 unspecified atom stereocenters. The van der Waals surface area contributed by atoms with Crippen molar-refractivity contribution < 1.29 is 19.0 Å². The third-order valence-corrected chi connectivity index (χ3v) is 8.58. The van der Waals surface area contributed by atoms with Gasteiger partial charge in [-0.1, -0.05) is 13.0 Å². The maximum atomic E-state index is 14.6. The molecule has 188 valence electrons. The van der Waals surface area contributed by atoms with Gasteiger partial charge < -0.3 is 10.2 Å². The van der Waals surface area contributed by atoms with E-state index in [2.05, 4.69) is 37.3 Å². The predicted molar refractivity (Wildman–Crippen MR) is 126 cm³/mol. The largest absolute Gasteiger partial charge is 0.393 e. The molecule has 7 rings (SSSR count). The first-order chi connectivity index (χ1) is 17.8. The number of rotatable bonds is 5. The van der Waals surface area contributed by atoms with E-state index < -0.39 is 29.8 Å². The number of nitrogens with zero attached hydrogens (tertiary/aromatic N) is 6. The molecule has 11 heteroatoms. The van der Waals surface area contributed by atoms with E-state index >= 15 is 0 Å². The Bertz CT molecular complexity index is 1540. The van der Waals surface area contributed by atoms with E-state index in [1.807, 2.05) is 0 Å². The monoisotopic (exact) mass is 503 g/mol. The van der Waals surface area contributed by atoms with Crippen molar-refractivity contribution in [3.05, 3.63) is 71.1 Å². The van der Waals surface area contributed by atoms with Crippen molar-refractivity contribution in [1.29, 1.82) is 0 Å². The van der Waals surface area contributed by atoms with Gasteiger partial charge in [0, 0.05) is 6.20 Å². The fourth-order valence-electron chi connectivity index (χ4n) is 6.93. The minimum Gasteiger partial charge on any atom is -0.393 e. The molecule has 2 fully saturated rings. The second-order valence-corrected chi connectivity index (χ2v) is 10.7. The summed E-state index contributed by atoms with van der Waals surface area (Å²) in [5, 5.41) is 34.7. The average Bonchev–Trinajstić information content (AvgIpc) is 3.43. The van der Waals surface area contributed by atoms with Gasteiger partial charge in [0.05, 0.1) is 40.9 Å². The van der Waals surface area contributed by atoms with Crippen LogP contribution in [0.25, 0.3) is 22.8 Å². The summed E-state index contributed by atoms with van der Waals surface area (Å²) in [7, 11) is 0. The molecular formula is C26H23F2N7O2. The van der Waals surface area contributed by atoms with Crippen LogP contribution in [-0.2, 0) is 5.41 Å². The van der Waals surface area contributed by atoms with Crippen LogP contribution >= 0.6 is 0 Å². The smallest absolute Gasteiger partial charge is 0.201 e. The Morgan fingerprint density at radius 3 is 2.70 bits per heavy atom. The van der Waals surface area contributed by atoms with Crippen LogP contribution in [0.3, 0.4) is 0 Å². The highest BCUT2D eigenvalue weighted by molar-refractivity contribution is 5.63. The lowest BCUT2D eigenvalue weighted by Gasteiger charge is -2.50.